The molecule has 0 saturated heterocycles. The molecule has 1 aromatic rings. The molecule has 0 aliphatic rings. The molecule has 0 bridgehead atoms. The van der Waals surface area contributed by atoms with E-state index in [0.29, 0.717) is 6.42 Å². The Balaban J connectivity index is 2.02. The number of unbranched alkanes of at least 4 members (excludes halogenated alkanes) is 1. The van der Waals surface area contributed by atoms with Gasteiger partial charge in [-0.25, -0.2) is 4.98 Å². The summed E-state index contributed by atoms with van der Waals surface area (Å²) in [4.78, 5) is 15.0. The first kappa shape index (κ1) is 10.8. The van der Waals surface area contributed by atoms with Crippen molar-refractivity contribution in [3.63, 3.8) is 0 Å². The summed E-state index contributed by atoms with van der Waals surface area (Å²) in [5, 5.41) is 2.78. The summed E-state index contributed by atoms with van der Waals surface area (Å²) in [6.07, 6.45) is 8.09. The van der Waals surface area contributed by atoms with Gasteiger partial charge in [-0.15, -0.1) is 0 Å². The number of nitrogens with zero attached hydrogens (tertiary/aromatic N) is 2. The Morgan fingerprint density at radius 2 is 2.36 bits per heavy atom. The molecule has 78 valence electrons. The minimum Gasteiger partial charge on any atom is -0.356 e. The quantitative estimate of drug-likeness (QED) is 0.693. The fourth-order valence-electron chi connectivity index (χ4n) is 1.28. The van der Waals surface area contributed by atoms with Crippen molar-refractivity contribution in [3.8, 4) is 0 Å². The molecule has 4 nitrogen and oxygen atoms in total. The standard InChI is InChI=1S/C10H17N3O/c1-2-12-10(14)5-3-4-7-13-8-6-11-9-13/h6,8-9H,2-5,7H2,1H3,(H,12,14). The highest BCUT2D eigenvalue weighted by Gasteiger charge is 1.98. The first-order valence-electron chi connectivity index (χ1n) is 5.05. The number of hydrogen-bond acceptors (Lipinski definition) is 2. The number of hydrogen-bond donors (Lipinski definition) is 1. The minimum atomic E-state index is 0.151. The Kier molecular flexibility index (Phi) is 4.75. The largest absolute Gasteiger partial charge is 0.356 e. The van der Waals surface area contributed by atoms with E-state index in [1.807, 2.05) is 17.7 Å². The Morgan fingerprint density at radius 3 is 3.00 bits per heavy atom. The zero-order valence-corrected chi connectivity index (χ0v) is 8.57. The van der Waals surface area contributed by atoms with Crippen LogP contribution in [0.2, 0.25) is 0 Å². The molecule has 0 radical (unpaired) electrons. The van der Waals surface area contributed by atoms with Gasteiger partial charge in [0.15, 0.2) is 0 Å². The van der Waals surface area contributed by atoms with Crippen LogP contribution < -0.4 is 5.32 Å². The van der Waals surface area contributed by atoms with Crippen molar-refractivity contribution < 1.29 is 4.79 Å². The number of nitrogens with one attached hydrogen (secondary N) is 1. The summed E-state index contributed by atoms with van der Waals surface area (Å²) in [5.41, 5.74) is 0. The molecule has 0 aliphatic carbocycles. The minimum absolute atomic E-state index is 0.151. The van der Waals surface area contributed by atoms with Gasteiger partial charge in [0.05, 0.1) is 6.33 Å². The average Bonchev–Trinajstić information content (AvgIpc) is 2.65. The normalized spacial score (nSPS) is 10.1. The monoisotopic (exact) mass is 195 g/mol. The molecule has 0 saturated carbocycles. The molecule has 1 amide bonds. The van der Waals surface area contributed by atoms with E-state index in [-0.39, 0.29) is 5.91 Å². The molecule has 0 spiro atoms. The van der Waals surface area contributed by atoms with E-state index in [0.717, 1.165) is 25.9 Å². The SMILES string of the molecule is CCNC(=O)CCCCn1ccnc1. The number of rotatable bonds is 6. The summed E-state index contributed by atoms with van der Waals surface area (Å²) in [6, 6.07) is 0. The number of amides is 1. The van der Waals surface area contributed by atoms with Crippen molar-refractivity contribution in [2.45, 2.75) is 32.7 Å². The van der Waals surface area contributed by atoms with E-state index >= 15 is 0 Å². The molecule has 0 unspecified atom stereocenters. The van der Waals surface area contributed by atoms with E-state index in [1.54, 1.807) is 12.5 Å². The van der Waals surface area contributed by atoms with Crippen LogP contribution in [0, 0.1) is 0 Å². The lowest BCUT2D eigenvalue weighted by Crippen LogP contribution is -2.22. The van der Waals surface area contributed by atoms with Gasteiger partial charge in [0, 0.05) is 31.9 Å². The summed E-state index contributed by atoms with van der Waals surface area (Å²) < 4.78 is 2.03. The van der Waals surface area contributed by atoms with Gasteiger partial charge in [-0.05, 0) is 19.8 Å². The van der Waals surface area contributed by atoms with E-state index in [1.165, 1.54) is 0 Å². The molecule has 4 heteroatoms. The van der Waals surface area contributed by atoms with Crippen LogP contribution in [0.25, 0.3) is 0 Å². The third-order valence-electron chi connectivity index (χ3n) is 2.00. The molecule has 0 atom stereocenters. The number of imidazole rings is 1. The summed E-state index contributed by atoms with van der Waals surface area (Å²) >= 11 is 0. The van der Waals surface area contributed by atoms with Crippen LogP contribution in [0.5, 0.6) is 0 Å². The molecule has 0 aromatic carbocycles. The zero-order valence-electron chi connectivity index (χ0n) is 8.57. The van der Waals surface area contributed by atoms with Crippen molar-refractivity contribution in [2.24, 2.45) is 0 Å². The number of aromatic nitrogens is 2. The third kappa shape index (κ3) is 4.07. The maximum absolute atomic E-state index is 11.1. The van der Waals surface area contributed by atoms with Gasteiger partial charge in [0.1, 0.15) is 0 Å². The maximum Gasteiger partial charge on any atom is 0.219 e. The Labute approximate surface area is 84.3 Å². The molecule has 1 rings (SSSR count). The van der Waals surface area contributed by atoms with Gasteiger partial charge >= 0.3 is 0 Å². The summed E-state index contributed by atoms with van der Waals surface area (Å²) in [6.45, 7) is 3.60. The number of aryl methyl sites for hydroxylation is 1. The second kappa shape index (κ2) is 6.18. The van der Waals surface area contributed by atoms with E-state index in [9.17, 15) is 4.79 Å². The highest BCUT2D eigenvalue weighted by molar-refractivity contribution is 5.75. The van der Waals surface area contributed by atoms with Crippen LogP contribution >= 0.6 is 0 Å². The van der Waals surface area contributed by atoms with Crippen LogP contribution in [0.15, 0.2) is 18.7 Å². The Bertz CT molecular complexity index is 256. The summed E-state index contributed by atoms with van der Waals surface area (Å²) in [5.74, 6) is 0.151. The van der Waals surface area contributed by atoms with Gasteiger partial charge in [0.25, 0.3) is 0 Å². The molecule has 0 aliphatic heterocycles. The number of carbonyl (C=O) groups is 1. The molecule has 0 fully saturated rings. The lowest BCUT2D eigenvalue weighted by atomic mass is 10.2. The molecular formula is C10H17N3O. The van der Waals surface area contributed by atoms with Gasteiger partial charge < -0.3 is 9.88 Å². The van der Waals surface area contributed by atoms with Gasteiger partial charge in [-0.1, -0.05) is 0 Å². The van der Waals surface area contributed by atoms with Crippen LogP contribution in [-0.4, -0.2) is 22.0 Å². The maximum atomic E-state index is 11.1. The molecule has 1 heterocycles. The van der Waals surface area contributed by atoms with E-state index < -0.39 is 0 Å². The molecular weight excluding hydrogens is 178 g/mol. The van der Waals surface area contributed by atoms with Crippen LogP contribution in [-0.2, 0) is 11.3 Å². The van der Waals surface area contributed by atoms with Crippen LogP contribution in [0.1, 0.15) is 26.2 Å². The van der Waals surface area contributed by atoms with Crippen LogP contribution in [0.3, 0.4) is 0 Å². The fourth-order valence-corrected chi connectivity index (χ4v) is 1.28. The smallest absolute Gasteiger partial charge is 0.219 e. The number of carbonyl (C=O) groups excluding carboxylic acids is 1. The summed E-state index contributed by atoms with van der Waals surface area (Å²) in [7, 11) is 0. The predicted molar refractivity (Wildman–Crippen MR) is 54.8 cm³/mol. The van der Waals surface area contributed by atoms with E-state index in [2.05, 4.69) is 10.3 Å². The second-order valence-electron chi connectivity index (χ2n) is 3.21. The van der Waals surface area contributed by atoms with Crippen molar-refractivity contribution in [2.75, 3.05) is 6.54 Å². The van der Waals surface area contributed by atoms with Crippen molar-refractivity contribution in [1.29, 1.82) is 0 Å². The third-order valence-corrected chi connectivity index (χ3v) is 2.00. The molecule has 1 aromatic heterocycles. The lowest BCUT2D eigenvalue weighted by molar-refractivity contribution is -0.121. The average molecular weight is 195 g/mol. The van der Waals surface area contributed by atoms with E-state index in [4.69, 9.17) is 0 Å². The topological polar surface area (TPSA) is 46.9 Å². The lowest BCUT2D eigenvalue weighted by Gasteiger charge is -2.02. The second-order valence-corrected chi connectivity index (χ2v) is 3.21. The molecule has 14 heavy (non-hydrogen) atoms. The van der Waals surface area contributed by atoms with Gasteiger partial charge in [-0.2, -0.15) is 0 Å². The first-order chi connectivity index (χ1) is 6.83. The predicted octanol–water partition coefficient (Wildman–Crippen LogP) is 1.19. The van der Waals surface area contributed by atoms with Gasteiger partial charge in [-0.3, -0.25) is 4.79 Å². The molecule has 1 N–H and O–H groups in total. The van der Waals surface area contributed by atoms with Gasteiger partial charge in [0.2, 0.25) is 5.91 Å². The van der Waals surface area contributed by atoms with Crippen molar-refractivity contribution in [1.82, 2.24) is 14.9 Å². The Hall–Kier alpha value is -1.32. The highest BCUT2D eigenvalue weighted by Crippen LogP contribution is 1.98. The van der Waals surface area contributed by atoms with Crippen LogP contribution in [0.4, 0.5) is 0 Å². The van der Waals surface area contributed by atoms with Crippen molar-refractivity contribution >= 4 is 5.91 Å². The first-order valence-corrected chi connectivity index (χ1v) is 5.05. The Morgan fingerprint density at radius 1 is 1.50 bits per heavy atom. The highest BCUT2D eigenvalue weighted by atomic mass is 16.1. The fraction of sp³-hybridized carbons (Fsp3) is 0.600. The van der Waals surface area contributed by atoms with Crippen molar-refractivity contribution in [3.05, 3.63) is 18.7 Å². The zero-order chi connectivity index (χ0) is 10.2.